The van der Waals surface area contributed by atoms with Crippen molar-refractivity contribution in [3.8, 4) is 0 Å². The molecule has 1 aliphatic rings. The van der Waals surface area contributed by atoms with Crippen molar-refractivity contribution in [2.24, 2.45) is 0 Å². The maximum atomic E-state index is 12.5. The van der Waals surface area contributed by atoms with Gasteiger partial charge in [-0.3, -0.25) is 0 Å². The van der Waals surface area contributed by atoms with E-state index in [0.717, 1.165) is 17.4 Å². The zero-order chi connectivity index (χ0) is 23.4. The van der Waals surface area contributed by atoms with Crippen LogP contribution >= 0.6 is 0 Å². The van der Waals surface area contributed by atoms with Crippen molar-refractivity contribution >= 4 is 31.5 Å². The molecular weight excluding hydrogens is 430 g/mol. The highest BCUT2D eigenvalue weighted by Gasteiger charge is 2.48. The Morgan fingerprint density at radius 2 is 1.64 bits per heavy atom. The van der Waals surface area contributed by atoms with Crippen molar-refractivity contribution < 1.29 is 19.4 Å². The largest absolute Gasteiger partial charge is 0.445 e. The van der Waals surface area contributed by atoms with Crippen LogP contribution in [0.5, 0.6) is 0 Å². The number of hydrogen-bond acceptors (Lipinski definition) is 3. The van der Waals surface area contributed by atoms with Crippen molar-refractivity contribution in [2.45, 2.75) is 44.1 Å². The van der Waals surface area contributed by atoms with Crippen LogP contribution in [0.15, 0.2) is 78.9 Å². The number of aldehydes is 1. The minimum Gasteiger partial charge on any atom is -0.445 e. The number of ether oxygens (including phenoxy) is 1. The zero-order valence-corrected chi connectivity index (χ0v) is 19.9. The van der Waals surface area contributed by atoms with E-state index in [1.807, 2.05) is 48.5 Å². The van der Waals surface area contributed by atoms with Crippen molar-refractivity contribution in [1.82, 2.24) is 5.32 Å². The number of alkyl carbamates (subject to hydrolysis) is 1. The summed E-state index contributed by atoms with van der Waals surface area (Å²) in [5, 5.41) is 14.3. The van der Waals surface area contributed by atoms with Gasteiger partial charge in [0.05, 0.1) is 0 Å². The summed E-state index contributed by atoms with van der Waals surface area (Å²) in [5.74, 6) is 0. The van der Waals surface area contributed by atoms with Gasteiger partial charge in [-0.1, -0.05) is 97.9 Å². The van der Waals surface area contributed by atoms with Gasteiger partial charge in [-0.25, -0.2) is 4.79 Å². The van der Waals surface area contributed by atoms with E-state index in [0.29, 0.717) is 0 Å². The molecule has 1 aliphatic heterocycles. The molecule has 6 heteroatoms. The number of nitrogens with one attached hydrogen (secondary N) is 1. The first kappa shape index (κ1) is 23.0. The second kappa shape index (κ2) is 9.73. The average Bonchev–Trinajstić information content (AvgIpc) is 2.83. The Morgan fingerprint density at radius 1 is 1.00 bits per heavy atom. The molecule has 3 aromatic carbocycles. The van der Waals surface area contributed by atoms with Gasteiger partial charge in [0.15, 0.2) is 0 Å². The summed E-state index contributed by atoms with van der Waals surface area (Å²) >= 11 is 0. The van der Waals surface area contributed by atoms with E-state index in [9.17, 15) is 9.59 Å². The molecule has 1 heterocycles. The third-order valence-corrected chi connectivity index (χ3v) is 9.82. The minimum absolute atomic E-state index is 0.0410. The van der Waals surface area contributed by atoms with Crippen molar-refractivity contribution in [2.75, 3.05) is 0 Å². The van der Waals surface area contributed by atoms with Crippen LogP contribution in [0.1, 0.15) is 43.1 Å². The van der Waals surface area contributed by atoms with Gasteiger partial charge in [0.25, 0.3) is 0 Å². The normalized spacial score (nSPS) is 16.1. The van der Waals surface area contributed by atoms with Gasteiger partial charge in [0, 0.05) is 12.0 Å². The summed E-state index contributed by atoms with van der Waals surface area (Å²) in [4.78, 5) is 23.9. The second-order valence-corrected chi connectivity index (χ2v) is 11.9. The molecule has 5 nitrogen and oxygen atoms in total. The third-order valence-electron chi connectivity index (χ3n) is 6.33. The van der Waals surface area contributed by atoms with Gasteiger partial charge >= 0.3 is 6.09 Å². The lowest BCUT2D eigenvalue weighted by atomic mass is 9.99. The van der Waals surface area contributed by atoms with Gasteiger partial charge in [0.1, 0.15) is 27.7 Å². The van der Waals surface area contributed by atoms with Crippen LogP contribution in [0.2, 0.25) is 0 Å². The first-order valence-corrected chi connectivity index (χ1v) is 12.6. The number of carbonyl (C=O) groups excluding carboxylic acids is 2. The number of carbonyl (C=O) groups is 2. The van der Waals surface area contributed by atoms with Crippen LogP contribution in [0, 0.1) is 0 Å². The van der Waals surface area contributed by atoms with E-state index in [2.05, 4.69) is 49.5 Å². The number of fused-ring (bicyclic) bond motifs is 1. The lowest BCUT2D eigenvalue weighted by Crippen LogP contribution is -2.68. The van der Waals surface area contributed by atoms with Crippen LogP contribution in [-0.2, 0) is 21.2 Å². The quantitative estimate of drug-likeness (QED) is 0.320. The van der Waals surface area contributed by atoms with Gasteiger partial charge < -0.3 is 20.0 Å². The van der Waals surface area contributed by atoms with Gasteiger partial charge in [0.2, 0.25) is 6.10 Å². The minimum atomic E-state index is -1.11. The molecule has 0 saturated heterocycles. The van der Waals surface area contributed by atoms with Gasteiger partial charge in [-0.15, -0.1) is 0 Å². The molecule has 1 unspecified atom stereocenters. The fourth-order valence-electron chi connectivity index (χ4n) is 4.65. The third kappa shape index (κ3) is 4.63. The van der Waals surface area contributed by atoms with E-state index in [-0.39, 0.29) is 18.1 Å². The lowest BCUT2D eigenvalue weighted by molar-refractivity contribution is -0.108. The van der Waals surface area contributed by atoms with Gasteiger partial charge in [-0.05, 0) is 21.4 Å². The molecule has 1 amide bonds. The predicted octanol–water partition coefficient (Wildman–Crippen LogP) is 2.78. The van der Waals surface area contributed by atoms with Crippen molar-refractivity contribution in [3.05, 3.63) is 95.6 Å². The van der Waals surface area contributed by atoms with Crippen LogP contribution in [0.3, 0.4) is 0 Å². The van der Waals surface area contributed by atoms with Crippen LogP contribution in [0.25, 0.3) is 0 Å². The van der Waals surface area contributed by atoms with E-state index >= 15 is 0 Å². The topological polar surface area (TPSA) is 78.3 Å². The summed E-state index contributed by atoms with van der Waals surface area (Å²) in [5.41, 5.74) is 3.11. The molecule has 2 atom stereocenters. The Hall–Kier alpha value is -3.22. The fourth-order valence-corrected chi connectivity index (χ4v) is 8.30. The Kier molecular flexibility index (Phi) is 6.77. The Labute approximate surface area is 196 Å². The monoisotopic (exact) mass is 459 g/mol. The smallest absolute Gasteiger partial charge is 0.408 e. The highest BCUT2D eigenvalue weighted by atomic mass is 28.3. The standard InChI is InChI=1S/C27H28NO4Si/c1-27(2)21-13-7-9-15-24(21)33(27)23-14-8-6-12-20(23)25(30)22(16-17-29)28-26(31)32-18-19-10-4-3-5-11-19/h3-15,17,22,25,30H,16,18H2,1-2H3,(H,28,31)/p+1/t22-,25?/m0/s1. The average molecular weight is 460 g/mol. The highest BCUT2D eigenvalue weighted by molar-refractivity contribution is 6.92. The first-order valence-electron chi connectivity index (χ1n) is 11.1. The molecule has 0 spiro atoms. The summed E-state index contributed by atoms with van der Waals surface area (Å²) in [6.45, 7) is 4.67. The molecule has 1 radical (unpaired) electrons. The Bertz CT molecular complexity index is 1130. The number of hydrogen-bond donors (Lipinski definition) is 1. The lowest BCUT2D eigenvalue weighted by Gasteiger charge is -2.46. The van der Waals surface area contributed by atoms with Crippen molar-refractivity contribution in [1.29, 1.82) is 0 Å². The van der Waals surface area contributed by atoms with Crippen molar-refractivity contribution in [3.63, 3.8) is 0 Å². The molecule has 0 fully saturated rings. The summed E-state index contributed by atoms with van der Waals surface area (Å²) in [6, 6.07) is 25.2. The molecule has 169 valence electrons. The molecular formula is C27H29NO4Si+. The summed E-state index contributed by atoms with van der Waals surface area (Å²) < 4.78 is 5.34. The van der Waals surface area contributed by atoms with E-state index in [1.165, 1.54) is 15.9 Å². The second-order valence-electron chi connectivity index (χ2n) is 8.83. The highest BCUT2D eigenvalue weighted by Crippen LogP contribution is 2.35. The Balaban J connectivity index is 1.54. The van der Waals surface area contributed by atoms with Crippen LogP contribution in [0.4, 0.5) is 4.79 Å². The van der Waals surface area contributed by atoms with Crippen LogP contribution in [-0.4, -0.2) is 32.3 Å². The first-order chi connectivity index (χ1) is 15.9. The fraction of sp³-hybridized carbons (Fsp3) is 0.259. The number of amides is 1. The molecule has 3 aromatic rings. The van der Waals surface area contributed by atoms with E-state index in [4.69, 9.17) is 9.84 Å². The predicted molar refractivity (Wildman–Crippen MR) is 132 cm³/mol. The maximum Gasteiger partial charge on any atom is 0.408 e. The molecule has 0 aromatic heterocycles. The van der Waals surface area contributed by atoms with E-state index < -0.39 is 27.0 Å². The molecule has 3 N–H and O–H groups in total. The number of benzene rings is 3. The molecule has 0 saturated carbocycles. The maximum absolute atomic E-state index is 12.5. The summed E-state index contributed by atoms with van der Waals surface area (Å²) in [7, 11) is -1.11. The number of rotatable bonds is 8. The molecule has 33 heavy (non-hydrogen) atoms. The zero-order valence-electron chi connectivity index (χ0n) is 18.9. The SMILES string of the molecule is CC1(C)c2ccccc2[Si]1c1ccccc1C([OH2+])[C@H](CC=O)NC(=O)OCc1ccccc1. The van der Waals surface area contributed by atoms with Crippen LogP contribution < -0.4 is 15.7 Å². The molecule has 0 bridgehead atoms. The van der Waals surface area contributed by atoms with E-state index in [1.54, 1.807) is 0 Å². The molecule has 4 rings (SSSR count). The Morgan fingerprint density at radius 3 is 2.36 bits per heavy atom. The summed E-state index contributed by atoms with van der Waals surface area (Å²) in [6.07, 6.45) is -0.602. The van der Waals surface area contributed by atoms with Gasteiger partial charge in [-0.2, -0.15) is 0 Å². The molecule has 0 aliphatic carbocycles.